The van der Waals surface area contributed by atoms with E-state index in [9.17, 15) is 0 Å². The second-order valence-electron chi connectivity index (χ2n) is 2.52. The normalized spacial score (nSPS) is 10.2. The summed E-state index contributed by atoms with van der Waals surface area (Å²) in [6, 6.07) is 5.88. The van der Waals surface area contributed by atoms with Crippen LogP contribution in [-0.4, -0.2) is 0 Å². The van der Waals surface area contributed by atoms with E-state index in [1.54, 1.807) is 11.3 Å². The molecule has 1 nitrogen and oxygen atoms in total. The van der Waals surface area contributed by atoms with Gasteiger partial charge in [0.25, 0.3) is 0 Å². The number of benzene rings is 1. The first-order valence-corrected chi connectivity index (χ1v) is 5.54. The number of halogens is 2. The van der Waals surface area contributed by atoms with Crippen LogP contribution in [0.3, 0.4) is 0 Å². The molecule has 64 valence electrons. The molecule has 0 radical (unpaired) electrons. The Bertz CT molecular complexity index is 512. The molecule has 0 saturated carbocycles. The molecule has 13 heavy (non-hydrogen) atoms. The first-order chi connectivity index (χ1) is 6.22. The highest BCUT2D eigenvalue weighted by Gasteiger charge is 2.06. The summed E-state index contributed by atoms with van der Waals surface area (Å²) in [5.41, 5.74) is 0.689. The minimum atomic E-state index is 0.641. The number of rotatable bonds is 0. The Morgan fingerprint density at radius 2 is 2.23 bits per heavy atom. The number of fused-ring (bicyclic) bond motifs is 1. The molecule has 0 N–H and O–H groups in total. The highest BCUT2D eigenvalue weighted by molar-refractivity contribution is 9.10. The molecule has 0 aliphatic heterocycles. The van der Waals surface area contributed by atoms with Gasteiger partial charge in [-0.05, 0) is 28.1 Å². The fourth-order valence-corrected chi connectivity index (χ4v) is 2.67. The Hall–Kier alpha value is -0.560. The predicted octanol–water partition coefficient (Wildman–Crippen LogP) is 4.19. The van der Waals surface area contributed by atoms with Crippen molar-refractivity contribution in [3.8, 4) is 6.07 Å². The number of hydrogen-bond acceptors (Lipinski definition) is 2. The van der Waals surface area contributed by atoms with Crippen molar-refractivity contribution in [2.45, 2.75) is 0 Å². The van der Waals surface area contributed by atoms with Crippen LogP contribution in [-0.2, 0) is 0 Å². The molecule has 0 atom stereocenters. The fourth-order valence-electron chi connectivity index (χ4n) is 1.11. The molecule has 4 heteroatoms. The van der Waals surface area contributed by atoms with Crippen LogP contribution in [0.25, 0.3) is 10.1 Å². The average molecular weight is 273 g/mol. The summed E-state index contributed by atoms with van der Waals surface area (Å²) in [7, 11) is 0. The molecular formula is C9H3BrClNS. The zero-order valence-corrected chi connectivity index (χ0v) is 9.50. The van der Waals surface area contributed by atoms with Crippen molar-refractivity contribution in [2.24, 2.45) is 0 Å². The second-order valence-corrected chi connectivity index (χ2v) is 4.70. The Balaban J connectivity index is 2.86. The van der Waals surface area contributed by atoms with Gasteiger partial charge in [-0.15, -0.1) is 11.3 Å². The van der Waals surface area contributed by atoms with E-state index in [2.05, 4.69) is 22.0 Å². The summed E-state index contributed by atoms with van der Waals surface area (Å²) in [4.78, 5) is 0. The van der Waals surface area contributed by atoms with Crippen LogP contribution in [0.4, 0.5) is 0 Å². The Kier molecular flexibility index (Phi) is 2.29. The van der Waals surface area contributed by atoms with Crippen molar-refractivity contribution >= 4 is 49.0 Å². The molecule has 0 fully saturated rings. The van der Waals surface area contributed by atoms with Crippen LogP contribution >= 0.6 is 38.9 Å². The van der Waals surface area contributed by atoms with Crippen LogP contribution in [0.1, 0.15) is 5.56 Å². The fraction of sp³-hybridized carbons (Fsp3) is 0. The summed E-state index contributed by atoms with van der Waals surface area (Å²) >= 11 is 10.8. The van der Waals surface area contributed by atoms with E-state index < -0.39 is 0 Å². The largest absolute Gasteiger partial charge is 0.192 e. The molecule has 0 aliphatic rings. The maximum absolute atomic E-state index is 8.79. The molecule has 1 aromatic heterocycles. The second kappa shape index (κ2) is 3.30. The Morgan fingerprint density at radius 1 is 1.46 bits per heavy atom. The predicted molar refractivity (Wildman–Crippen MR) is 59.3 cm³/mol. The lowest BCUT2D eigenvalue weighted by molar-refractivity contribution is 1.52. The third-order valence-corrected chi connectivity index (χ3v) is 3.88. The topological polar surface area (TPSA) is 23.8 Å². The summed E-state index contributed by atoms with van der Waals surface area (Å²) in [5.74, 6) is 0. The SMILES string of the molecule is N#Cc1csc2cc(Br)c(Cl)cc12. The molecule has 1 aromatic carbocycles. The van der Waals surface area contributed by atoms with Crippen molar-refractivity contribution in [1.29, 1.82) is 5.26 Å². The van der Waals surface area contributed by atoms with E-state index in [-0.39, 0.29) is 0 Å². The van der Waals surface area contributed by atoms with Crippen LogP contribution in [0, 0.1) is 11.3 Å². The quantitative estimate of drug-likeness (QED) is 0.705. The zero-order chi connectivity index (χ0) is 9.42. The molecular weight excluding hydrogens is 270 g/mol. The van der Waals surface area contributed by atoms with Gasteiger partial charge >= 0.3 is 0 Å². The highest BCUT2D eigenvalue weighted by atomic mass is 79.9. The molecule has 1 heterocycles. The molecule has 2 rings (SSSR count). The van der Waals surface area contributed by atoms with Crippen LogP contribution in [0.5, 0.6) is 0 Å². The maximum atomic E-state index is 8.79. The summed E-state index contributed by atoms with van der Waals surface area (Å²) in [6.45, 7) is 0. The van der Waals surface area contributed by atoms with Crippen LogP contribution < -0.4 is 0 Å². The van der Waals surface area contributed by atoms with Gasteiger partial charge < -0.3 is 0 Å². The number of thiophene rings is 1. The van der Waals surface area contributed by atoms with Crippen LogP contribution in [0.15, 0.2) is 22.0 Å². The number of hydrogen-bond donors (Lipinski definition) is 0. The lowest BCUT2D eigenvalue weighted by Gasteiger charge is -1.95. The van der Waals surface area contributed by atoms with Gasteiger partial charge in [0.1, 0.15) is 6.07 Å². The molecule has 2 aromatic rings. The maximum Gasteiger partial charge on any atom is 0.101 e. The first kappa shape index (κ1) is 9.01. The van der Waals surface area contributed by atoms with Gasteiger partial charge in [0, 0.05) is 19.9 Å². The van der Waals surface area contributed by atoms with Gasteiger partial charge in [0.15, 0.2) is 0 Å². The number of nitrogens with zero attached hydrogens (tertiary/aromatic N) is 1. The smallest absolute Gasteiger partial charge is 0.101 e. The van der Waals surface area contributed by atoms with Gasteiger partial charge in [-0.1, -0.05) is 11.6 Å². The minimum Gasteiger partial charge on any atom is -0.192 e. The van der Waals surface area contributed by atoms with Gasteiger partial charge in [-0.2, -0.15) is 5.26 Å². The summed E-state index contributed by atoms with van der Waals surface area (Å²) < 4.78 is 1.95. The number of nitriles is 1. The van der Waals surface area contributed by atoms with Gasteiger partial charge in [-0.25, -0.2) is 0 Å². The lowest BCUT2D eigenvalue weighted by Crippen LogP contribution is -1.72. The molecule has 0 bridgehead atoms. The van der Waals surface area contributed by atoms with E-state index in [1.165, 1.54) is 0 Å². The van der Waals surface area contributed by atoms with Crippen LogP contribution in [0.2, 0.25) is 5.02 Å². The molecule has 0 unspecified atom stereocenters. The molecule has 0 aliphatic carbocycles. The van der Waals surface area contributed by atoms with Crippen molar-refractivity contribution in [1.82, 2.24) is 0 Å². The van der Waals surface area contributed by atoms with E-state index in [0.717, 1.165) is 14.6 Å². The molecule has 0 saturated heterocycles. The van der Waals surface area contributed by atoms with E-state index in [1.807, 2.05) is 17.5 Å². The summed E-state index contributed by atoms with van der Waals surface area (Å²) in [5, 5.41) is 12.2. The monoisotopic (exact) mass is 271 g/mol. The van der Waals surface area contributed by atoms with E-state index in [0.29, 0.717) is 10.6 Å². The van der Waals surface area contributed by atoms with E-state index in [4.69, 9.17) is 16.9 Å². The Labute approximate surface area is 92.7 Å². The Morgan fingerprint density at radius 3 is 2.92 bits per heavy atom. The van der Waals surface area contributed by atoms with Crippen molar-refractivity contribution < 1.29 is 0 Å². The highest BCUT2D eigenvalue weighted by Crippen LogP contribution is 2.33. The van der Waals surface area contributed by atoms with Gasteiger partial charge in [0.2, 0.25) is 0 Å². The average Bonchev–Trinajstić information content (AvgIpc) is 2.48. The standard InChI is InChI=1S/C9H3BrClNS/c10-7-2-9-6(1-8(7)11)5(3-12)4-13-9/h1-2,4H. The van der Waals surface area contributed by atoms with Gasteiger partial charge in [-0.3, -0.25) is 0 Å². The summed E-state index contributed by atoms with van der Waals surface area (Å²) in [6.07, 6.45) is 0. The van der Waals surface area contributed by atoms with Crippen molar-refractivity contribution in [2.75, 3.05) is 0 Å². The third-order valence-electron chi connectivity index (χ3n) is 1.74. The van der Waals surface area contributed by atoms with Crippen molar-refractivity contribution in [3.05, 3.63) is 32.6 Å². The first-order valence-electron chi connectivity index (χ1n) is 3.48. The van der Waals surface area contributed by atoms with Gasteiger partial charge in [0.05, 0.1) is 10.6 Å². The molecule has 0 amide bonds. The lowest BCUT2D eigenvalue weighted by atomic mass is 10.2. The minimum absolute atomic E-state index is 0.641. The zero-order valence-electron chi connectivity index (χ0n) is 6.34. The third kappa shape index (κ3) is 1.46. The van der Waals surface area contributed by atoms with E-state index >= 15 is 0 Å². The van der Waals surface area contributed by atoms with Crippen molar-refractivity contribution in [3.63, 3.8) is 0 Å². The molecule has 0 spiro atoms.